The number of aromatic nitrogens is 1. The van der Waals surface area contributed by atoms with Gasteiger partial charge in [0.1, 0.15) is 0 Å². The molecule has 0 bridgehead atoms. The number of amidine groups is 1. The van der Waals surface area contributed by atoms with Gasteiger partial charge in [-0.3, -0.25) is 4.99 Å². The normalized spacial score (nSPS) is 31.9. The van der Waals surface area contributed by atoms with Gasteiger partial charge in [-0.15, -0.1) is 11.3 Å². The fourth-order valence-corrected chi connectivity index (χ4v) is 4.96. The number of aliphatic imine (C=N–C) groups is 1. The van der Waals surface area contributed by atoms with Crippen molar-refractivity contribution < 1.29 is 0 Å². The topological polar surface area (TPSA) is 37.3 Å². The van der Waals surface area contributed by atoms with Gasteiger partial charge in [-0.1, -0.05) is 18.7 Å². The number of hydrogen-bond donors (Lipinski definition) is 1. The summed E-state index contributed by atoms with van der Waals surface area (Å²) in [5.41, 5.74) is 1.48. The lowest BCUT2D eigenvalue weighted by atomic mass is 9.78. The molecular formula is C15H23N3S2. The van der Waals surface area contributed by atoms with Gasteiger partial charge in [0.25, 0.3) is 0 Å². The summed E-state index contributed by atoms with van der Waals surface area (Å²) in [5.74, 6) is 2.11. The molecule has 3 nitrogen and oxygen atoms in total. The highest BCUT2D eigenvalue weighted by Gasteiger charge is 2.39. The Bertz CT molecular complexity index is 487. The second-order valence-electron chi connectivity index (χ2n) is 6.20. The first kappa shape index (κ1) is 14.4. The van der Waals surface area contributed by atoms with Gasteiger partial charge in [-0.05, 0) is 38.5 Å². The van der Waals surface area contributed by atoms with Gasteiger partial charge in [-0.25, -0.2) is 4.98 Å². The van der Waals surface area contributed by atoms with Gasteiger partial charge in [0.05, 0.1) is 5.01 Å². The van der Waals surface area contributed by atoms with E-state index < -0.39 is 0 Å². The van der Waals surface area contributed by atoms with Crippen LogP contribution in [0.2, 0.25) is 0 Å². The summed E-state index contributed by atoms with van der Waals surface area (Å²) in [6.07, 6.45) is 6.31. The first-order valence-electron chi connectivity index (χ1n) is 7.52. The standard InChI is InChI=1S/C15H23N3S2/c1-11-3-6-15(7-4-11)10-20-14(18-15)16-8-5-13-17-12(2)9-19-13/h9,11H,3-8,10H2,1-2H3,(H,16,18). The van der Waals surface area contributed by atoms with Crippen LogP contribution < -0.4 is 5.32 Å². The Hall–Kier alpha value is -0.550. The molecule has 0 atom stereocenters. The highest BCUT2D eigenvalue weighted by atomic mass is 32.2. The third kappa shape index (κ3) is 3.37. The maximum atomic E-state index is 4.73. The van der Waals surface area contributed by atoms with Gasteiger partial charge in [-0.2, -0.15) is 0 Å². The van der Waals surface area contributed by atoms with E-state index in [2.05, 4.69) is 22.6 Å². The zero-order valence-corrected chi connectivity index (χ0v) is 13.9. The van der Waals surface area contributed by atoms with Crippen LogP contribution in [0.1, 0.15) is 43.3 Å². The number of nitrogens with one attached hydrogen (secondary N) is 1. The molecule has 110 valence electrons. The molecule has 2 fully saturated rings. The molecule has 1 aromatic heterocycles. The van der Waals surface area contributed by atoms with Crippen LogP contribution in [0, 0.1) is 12.8 Å². The lowest BCUT2D eigenvalue weighted by Crippen LogP contribution is -2.46. The molecule has 0 aromatic carbocycles. The summed E-state index contributed by atoms with van der Waals surface area (Å²) in [4.78, 5) is 9.22. The fourth-order valence-electron chi connectivity index (χ4n) is 2.95. The van der Waals surface area contributed by atoms with E-state index in [0.717, 1.165) is 29.7 Å². The molecule has 2 heterocycles. The van der Waals surface area contributed by atoms with Crippen LogP contribution in [-0.4, -0.2) is 28.0 Å². The molecular weight excluding hydrogens is 286 g/mol. The SMILES string of the molecule is Cc1csc(CCN=C2NC3(CCC(C)CC3)CS2)n1. The second-order valence-corrected chi connectivity index (χ2v) is 8.10. The number of hydrogen-bond acceptors (Lipinski definition) is 4. The fraction of sp³-hybridized carbons (Fsp3) is 0.733. The number of thiazole rings is 1. The highest BCUT2D eigenvalue weighted by molar-refractivity contribution is 8.14. The molecule has 1 aliphatic heterocycles. The summed E-state index contributed by atoms with van der Waals surface area (Å²) in [6, 6.07) is 0. The maximum Gasteiger partial charge on any atom is 0.157 e. The van der Waals surface area contributed by atoms with Crippen molar-refractivity contribution in [2.45, 2.75) is 51.5 Å². The van der Waals surface area contributed by atoms with Gasteiger partial charge >= 0.3 is 0 Å². The molecule has 1 saturated carbocycles. The molecule has 20 heavy (non-hydrogen) atoms. The van der Waals surface area contributed by atoms with E-state index in [-0.39, 0.29) is 0 Å². The number of aryl methyl sites for hydroxylation is 1. The lowest BCUT2D eigenvalue weighted by molar-refractivity contribution is 0.251. The van der Waals surface area contributed by atoms with E-state index in [1.54, 1.807) is 11.3 Å². The smallest absolute Gasteiger partial charge is 0.157 e. The zero-order chi connectivity index (χ0) is 14.0. The van der Waals surface area contributed by atoms with Crippen LogP contribution in [0.3, 0.4) is 0 Å². The minimum absolute atomic E-state index is 0.355. The third-order valence-corrected chi connectivity index (χ3v) is 6.56. The summed E-state index contributed by atoms with van der Waals surface area (Å²) in [5, 5.41) is 8.19. The molecule has 5 heteroatoms. The van der Waals surface area contributed by atoms with Crippen molar-refractivity contribution in [1.82, 2.24) is 10.3 Å². The van der Waals surface area contributed by atoms with Crippen LogP contribution in [0.5, 0.6) is 0 Å². The summed E-state index contributed by atoms with van der Waals surface area (Å²) < 4.78 is 0. The van der Waals surface area contributed by atoms with E-state index in [0.29, 0.717) is 5.54 Å². The van der Waals surface area contributed by atoms with Crippen molar-refractivity contribution >= 4 is 28.3 Å². The molecule has 1 N–H and O–H groups in total. The number of rotatable bonds is 3. The molecule has 3 rings (SSSR count). The Kier molecular flexibility index (Phi) is 4.36. The van der Waals surface area contributed by atoms with Crippen molar-refractivity contribution in [2.75, 3.05) is 12.3 Å². The van der Waals surface area contributed by atoms with E-state index >= 15 is 0 Å². The minimum Gasteiger partial charge on any atom is -0.359 e. The molecule has 1 spiro atoms. The van der Waals surface area contributed by atoms with Gasteiger partial charge < -0.3 is 5.32 Å². The van der Waals surface area contributed by atoms with E-state index in [4.69, 9.17) is 4.99 Å². The van der Waals surface area contributed by atoms with Gasteiger partial charge in [0, 0.05) is 35.3 Å². The predicted octanol–water partition coefficient (Wildman–Crippen LogP) is 3.64. The van der Waals surface area contributed by atoms with E-state index in [1.807, 2.05) is 18.7 Å². The maximum absolute atomic E-state index is 4.73. The Morgan fingerprint density at radius 3 is 2.95 bits per heavy atom. The van der Waals surface area contributed by atoms with Crippen molar-refractivity contribution in [1.29, 1.82) is 0 Å². The molecule has 1 saturated heterocycles. The molecule has 0 unspecified atom stereocenters. The molecule has 0 radical (unpaired) electrons. The van der Waals surface area contributed by atoms with E-state index in [1.165, 1.54) is 36.4 Å². The average Bonchev–Trinajstić information content (AvgIpc) is 3.02. The summed E-state index contributed by atoms with van der Waals surface area (Å²) in [7, 11) is 0. The Labute approximate surface area is 129 Å². The van der Waals surface area contributed by atoms with Crippen molar-refractivity contribution in [3.8, 4) is 0 Å². The van der Waals surface area contributed by atoms with E-state index in [9.17, 15) is 0 Å². The average molecular weight is 310 g/mol. The Morgan fingerprint density at radius 2 is 2.25 bits per heavy atom. The first-order valence-corrected chi connectivity index (χ1v) is 9.38. The van der Waals surface area contributed by atoms with Gasteiger partial charge in [0.15, 0.2) is 5.17 Å². The molecule has 2 aliphatic rings. The molecule has 1 aromatic rings. The van der Waals surface area contributed by atoms with Crippen LogP contribution in [0.25, 0.3) is 0 Å². The van der Waals surface area contributed by atoms with Crippen molar-refractivity contribution in [3.05, 3.63) is 16.1 Å². The number of thioether (sulfide) groups is 1. The summed E-state index contributed by atoms with van der Waals surface area (Å²) in [6.45, 7) is 5.28. The van der Waals surface area contributed by atoms with Gasteiger partial charge in [0.2, 0.25) is 0 Å². The Morgan fingerprint density at radius 1 is 1.45 bits per heavy atom. The van der Waals surface area contributed by atoms with Crippen LogP contribution in [0.4, 0.5) is 0 Å². The van der Waals surface area contributed by atoms with Crippen LogP contribution in [0.15, 0.2) is 10.4 Å². The number of nitrogens with zero attached hydrogens (tertiary/aromatic N) is 2. The highest BCUT2D eigenvalue weighted by Crippen LogP contribution is 2.38. The van der Waals surface area contributed by atoms with Crippen LogP contribution in [-0.2, 0) is 6.42 Å². The molecule has 1 aliphatic carbocycles. The largest absolute Gasteiger partial charge is 0.359 e. The monoisotopic (exact) mass is 309 g/mol. The first-order chi connectivity index (χ1) is 9.65. The van der Waals surface area contributed by atoms with Crippen LogP contribution >= 0.6 is 23.1 Å². The minimum atomic E-state index is 0.355. The second kappa shape index (κ2) is 6.06. The lowest BCUT2D eigenvalue weighted by Gasteiger charge is -2.35. The predicted molar refractivity (Wildman–Crippen MR) is 88.8 cm³/mol. The van der Waals surface area contributed by atoms with Crippen molar-refractivity contribution in [3.63, 3.8) is 0 Å². The van der Waals surface area contributed by atoms with Crippen molar-refractivity contribution in [2.24, 2.45) is 10.9 Å². The zero-order valence-electron chi connectivity index (χ0n) is 12.3. The Balaban J connectivity index is 1.50. The molecule has 0 amide bonds. The summed E-state index contributed by atoms with van der Waals surface area (Å²) >= 11 is 3.66. The third-order valence-electron chi connectivity index (χ3n) is 4.34. The quantitative estimate of drug-likeness (QED) is 0.926.